The third-order valence-corrected chi connectivity index (χ3v) is 20.2. The van der Waals surface area contributed by atoms with Crippen molar-refractivity contribution in [2.75, 3.05) is 76.5 Å². The highest BCUT2D eigenvalue weighted by Crippen LogP contribution is 2.31. The van der Waals surface area contributed by atoms with E-state index in [1.165, 1.54) is 28.8 Å². The van der Waals surface area contributed by atoms with E-state index in [4.69, 9.17) is 33.2 Å². The van der Waals surface area contributed by atoms with Crippen LogP contribution in [0.2, 0.25) is 0 Å². The van der Waals surface area contributed by atoms with E-state index < -0.39 is 37.2 Å². The van der Waals surface area contributed by atoms with Crippen molar-refractivity contribution in [1.29, 1.82) is 0 Å². The SMILES string of the molecule is CC(C)(C)C(=O)Nc1ccccc1N.Cc1cc(N)cc(NC(=O)C(C)(C)C)c1.Cc1ccc(N)c(NC(=O)C(C)(C)C)c1.Cc1ccc(N)c(NC(=O)C(C)(C)C)c1.Cc1ccc(NC(=O)C(C)(C)C)cc1.Cc1ccc(NC(=O)C(C)(C)C)cc1C.Cc1ccc(NC(=O)C(C)(C)C)cc1N.Cc1ccc(NC(=O)C(C)(C)C)cc1S(=O)(=O)O.Cc1cccc(NC(=O)C(C)(C)C)c1. The van der Waals surface area contributed by atoms with Crippen molar-refractivity contribution in [3.8, 4) is 0 Å². The maximum absolute atomic E-state index is 11.8. The molecule has 0 atom stereocenters. The number of benzene rings is 9. The van der Waals surface area contributed by atoms with Crippen LogP contribution in [0.1, 0.15) is 237 Å². The summed E-state index contributed by atoms with van der Waals surface area (Å²) in [5, 5.41) is 25.4. The summed E-state index contributed by atoms with van der Waals surface area (Å²) in [6, 6.07) is 55.4. The van der Waals surface area contributed by atoms with Crippen molar-refractivity contribution in [1.82, 2.24) is 0 Å². The van der Waals surface area contributed by atoms with E-state index in [1.54, 1.807) is 70.2 Å². The van der Waals surface area contributed by atoms with Crippen LogP contribution in [0.3, 0.4) is 0 Å². The van der Waals surface area contributed by atoms with Gasteiger partial charge in [-0.1, -0.05) is 259 Å². The maximum atomic E-state index is 11.8. The van der Waals surface area contributed by atoms with E-state index in [-0.39, 0.29) is 79.7 Å². The molecule has 26 nitrogen and oxygen atoms in total. The van der Waals surface area contributed by atoms with Crippen LogP contribution in [0.4, 0.5) is 79.6 Å². The minimum absolute atomic E-state index is 0.00694. The molecule has 27 heteroatoms. The van der Waals surface area contributed by atoms with E-state index in [0.717, 1.165) is 56.3 Å². The molecule has 0 aliphatic heterocycles. The van der Waals surface area contributed by atoms with Gasteiger partial charge in [0.05, 0.1) is 39.0 Å². The van der Waals surface area contributed by atoms with Crippen molar-refractivity contribution in [2.24, 2.45) is 48.7 Å². The lowest BCUT2D eigenvalue weighted by atomic mass is 9.95. The maximum Gasteiger partial charge on any atom is 0.294 e. The molecule has 0 saturated carbocycles. The molecular formula is C108H158N14O12S. The van der Waals surface area contributed by atoms with Gasteiger partial charge in [-0.3, -0.25) is 47.7 Å². The molecule has 135 heavy (non-hydrogen) atoms. The van der Waals surface area contributed by atoms with Crippen LogP contribution in [0, 0.1) is 111 Å². The van der Waals surface area contributed by atoms with E-state index in [9.17, 15) is 51.6 Å². The number of para-hydroxylation sites is 2. The predicted molar refractivity (Wildman–Crippen MR) is 565 cm³/mol. The van der Waals surface area contributed by atoms with Crippen LogP contribution in [-0.2, 0) is 53.3 Å². The number of rotatable bonds is 10. The highest BCUT2D eigenvalue weighted by molar-refractivity contribution is 7.85. The number of aryl methyl sites for hydroxylation is 9. The van der Waals surface area contributed by atoms with Crippen molar-refractivity contribution in [3.05, 3.63) is 232 Å². The summed E-state index contributed by atoms with van der Waals surface area (Å²) in [6.07, 6.45) is 0. The molecule has 0 bridgehead atoms. The Kier molecular flexibility index (Phi) is 45.4. The third kappa shape index (κ3) is 47.1. The number of anilines is 14. The van der Waals surface area contributed by atoms with Gasteiger partial charge in [0.2, 0.25) is 53.2 Å². The van der Waals surface area contributed by atoms with Crippen LogP contribution < -0.4 is 76.5 Å². The number of nitrogen functional groups attached to an aromatic ring is 5. The molecule has 0 unspecified atom stereocenters. The molecule has 0 saturated heterocycles. The van der Waals surface area contributed by atoms with Crippen LogP contribution in [0.15, 0.2) is 187 Å². The van der Waals surface area contributed by atoms with Crippen LogP contribution in [-0.4, -0.2) is 66.1 Å². The molecule has 20 N–H and O–H groups in total. The lowest BCUT2D eigenvalue weighted by Crippen LogP contribution is -2.28. The standard InChI is InChI=1S/C13H19NO.4C12H18N2O.C12H17NO4S.2C12H17NO.C11H16N2O/c1-9-6-7-11(8-10(9)2)14-12(15)13(3,4)5;1-8-5-9(13)7-10(6-8)14-11(15)12(2,3)4;1-8-5-6-9(7-10(8)13)14-11(15)12(2,3)4;2*1-8-5-6-9(13)10(7-8)14-11(15)12(2,3)4;1-8-5-6-9(7-10(8)18(15,16)17)13-11(14)12(2,3)4;1-9-5-7-10(8-6-9)13-11(14)12(2,3)4;1-9-6-5-7-10(8-9)13-11(14)12(2,3)4;1-11(2,3)10(14)13-9-7-5-4-6-8(9)12/h6-8H,1-5H3,(H,14,15);4*5-7H,13H2,1-4H3,(H,14,15);5-7H,1-4H3,(H,13,14)(H,15,16,17);2*5-8H,1-4H3,(H,13,14);4-7H,12H2,1-3H3,(H,13,14). The average molecular weight is 1880 g/mol. The Morgan fingerprint density at radius 1 is 0.222 bits per heavy atom. The van der Waals surface area contributed by atoms with Crippen LogP contribution in [0.5, 0.6) is 0 Å². The normalized spacial score (nSPS) is 11.3. The Labute approximate surface area is 805 Å². The molecule has 0 aromatic heterocycles. The molecule has 9 amide bonds. The van der Waals surface area contributed by atoms with Crippen molar-refractivity contribution >= 4 is 143 Å². The first-order valence-corrected chi connectivity index (χ1v) is 46.1. The lowest BCUT2D eigenvalue weighted by Gasteiger charge is -2.18. The fraction of sp³-hybridized carbons (Fsp3) is 0.417. The molecule has 0 aliphatic carbocycles. The zero-order chi connectivity index (χ0) is 105. The molecule has 0 aliphatic rings. The summed E-state index contributed by atoms with van der Waals surface area (Å²) < 4.78 is 31.3. The number of nitrogens with one attached hydrogen (secondary N) is 9. The molecule has 0 heterocycles. The summed E-state index contributed by atoms with van der Waals surface area (Å²) in [7, 11) is -4.28. The van der Waals surface area contributed by atoms with Gasteiger partial charge in [0.1, 0.15) is 0 Å². The molecule has 9 aromatic rings. The van der Waals surface area contributed by atoms with Crippen molar-refractivity contribution in [3.63, 3.8) is 0 Å². The summed E-state index contributed by atoms with van der Waals surface area (Å²) in [5.74, 6) is -0.198. The Balaban J connectivity index is 0.000000760. The summed E-state index contributed by atoms with van der Waals surface area (Å²) >= 11 is 0. The summed E-state index contributed by atoms with van der Waals surface area (Å²) in [6.45, 7) is 67.9. The molecule has 9 aromatic carbocycles. The molecular weight excluding hydrogens is 1720 g/mol. The zero-order valence-electron chi connectivity index (χ0n) is 87.1. The van der Waals surface area contributed by atoms with Gasteiger partial charge in [-0.25, -0.2) is 0 Å². The largest absolute Gasteiger partial charge is 0.399 e. The first-order chi connectivity index (χ1) is 61.2. The summed E-state index contributed by atoms with van der Waals surface area (Å²) in [5.41, 5.74) is 44.1. The van der Waals surface area contributed by atoms with Crippen molar-refractivity contribution < 1.29 is 56.1 Å². The van der Waals surface area contributed by atoms with Gasteiger partial charge in [0.25, 0.3) is 10.1 Å². The fourth-order valence-electron chi connectivity index (χ4n) is 9.75. The number of amides is 9. The number of carbonyl (C=O) groups is 9. The number of nitrogens with two attached hydrogens (primary N) is 5. The second kappa shape index (κ2) is 51.0. The van der Waals surface area contributed by atoms with Crippen molar-refractivity contribution in [2.45, 2.75) is 254 Å². The van der Waals surface area contributed by atoms with E-state index in [2.05, 4.69) is 54.8 Å². The average Bonchev–Trinajstić information content (AvgIpc) is 0.815. The predicted octanol–water partition coefficient (Wildman–Crippen LogP) is 24.0. The number of hydrogen-bond acceptors (Lipinski definition) is 16. The highest BCUT2D eigenvalue weighted by Gasteiger charge is 2.29. The topological polar surface area (TPSA) is 446 Å². The smallest absolute Gasteiger partial charge is 0.294 e. The highest BCUT2D eigenvalue weighted by atomic mass is 32.2. The van der Waals surface area contributed by atoms with Crippen LogP contribution in [0.25, 0.3) is 0 Å². The van der Waals surface area contributed by atoms with Gasteiger partial charge in [-0.05, 0) is 222 Å². The molecule has 0 fully saturated rings. The van der Waals surface area contributed by atoms with Gasteiger partial charge in [0.15, 0.2) is 0 Å². The van der Waals surface area contributed by atoms with Gasteiger partial charge < -0.3 is 76.5 Å². The Morgan fingerprint density at radius 3 is 0.844 bits per heavy atom. The van der Waals surface area contributed by atoms with Gasteiger partial charge in [0, 0.05) is 94.2 Å². The van der Waals surface area contributed by atoms with Gasteiger partial charge in [-0.15, -0.1) is 0 Å². The zero-order valence-corrected chi connectivity index (χ0v) is 87.9. The molecule has 0 spiro atoms. The molecule has 9 rings (SSSR count). The van der Waals surface area contributed by atoms with E-state index in [0.29, 0.717) is 56.7 Å². The number of carbonyl (C=O) groups excluding carboxylic acids is 9. The lowest BCUT2D eigenvalue weighted by molar-refractivity contribution is -0.123. The number of hydrogen-bond donors (Lipinski definition) is 15. The second-order valence-corrected chi connectivity index (χ2v) is 44.2. The summed E-state index contributed by atoms with van der Waals surface area (Å²) in [4.78, 5) is 105. The van der Waals surface area contributed by atoms with E-state index in [1.807, 2.05) is 342 Å². The minimum Gasteiger partial charge on any atom is -0.399 e. The quantitative estimate of drug-likeness (QED) is 0.0447. The van der Waals surface area contributed by atoms with Gasteiger partial charge >= 0.3 is 0 Å². The monoisotopic (exact) mass is 1880 g/mol. The molecule has 0 radical (unpaired) electrons. The fourth-order valence-corrected chi connectivity index (χ4v) is 10.5. The first kappa shape index (κ1) is 120. The molecule has 738 valence electrons. The third-order valence-electron chi connectivity index (χ3n) is 19.2. The minimum atomic E-state index is -4.28. The Hall–Kier alpha value is -12.9. The van der Waals surface area contributed by atoms with Crippen LogP contribution >= 0.6 is 0 Å². The Bertz CT molecular complexity index is 5470. The van der Waals surface area contributed by atoms with Gasteiger partial charge in [-0.2, -0.15) is 8.42 Å². The first-order valence-electron chi connectivity index (χ1n) is 44.6. The Morgan fingerprint density at radius 2 is 0.504 bits per heavy atom. The second-order valence-electron chi connectivity index (χ2n) is 42.8. The van der Waals surface area contributed by atoms with E-state index >= 15 is 0 Å².